The van der Waals surface area contributed by atoms with E-state index in [1.165, 1.54) is 45.3 Å². The molecule has 1 rings (SSSR count). The Morgan fingerprint density at radius 3 is 2.31 bits per heavy atom. The average molecular weight is 226 g/mol. The van der Waals surface area contributed by atoms with Gasteiger partial charge in [0.2, 0.25) is 0 Å². The van der Waals surface area contributed by atoms with Gasteiger partial charge in [-0.2, -0.15) is 0 Å². The highest BCUT2D eigenvalue weighted by Gasteiger charge is 2.25. The zero-order valence-electron chi connectivity index (χ0n) is 11.6. The largest absolute Gasteiger partial charge is 0.314 e. The zero-order chi connectivity index (χ0) is 12.0. The van der Waals surface area contributed by atoms with Crippen molar-refractivity contribution in [2.45, 2.75) is 65.5 Å². The predicted octanol–water partition coefficient (Wildman–Crippen LogP) is 2.89. The number of piperidine rings is 1. The molecule has 2 nitrogen and oxygen atoms in total. The first kappa shape index (κ1) is 14.0. The van der Waals surface area contributed by atoms with Crippen molar-refractivity contribution in [1.29, 1.82) is 0 Å². The van der Waals surface area contributed by atoms with E-state index >= 15 is 0 Å². The van der Waals surface area contributed by atoms with E-state index in [4.69, 9.17) is 0 Å². The molecule has 1 aliphatic heterocycles. The van der Waals surface area contributed by atoms with Crippen LogP contribution in [-0.2, 0) is 0 Å². The van der Waals surface area contributed by atoms with Crippen molar-refractivity contribution in [1.82, 2.24) is 10.2 Å². The maximum atomic E-state index is 3.64. The second-order valence-corrected chi connectivity index (χ2v) is 5.37. The van der Waals surface area contributed by atoms with Crippen LogP contribution in [0.2, 0.25) is 0 Å². The van der Waals surface area contributed by atoms with Crippen LogP contribution >= 0.6 is 0 Å². The molecule has 0 aliphatic carbocycles. The molecular weight excluding hydrogens is 196 g/mol. The Bertz CT molecular complexity index is 174. The highest BCUT2D eigenvalue weighted by molar-refractivity contribution is 4.81. The first-order valence-corrected chi connectivity index (χ1v) is 7.16. The van der Waals surface area contributed by atoms with Crippen molar-refractivity contribution in [3.63, 3.8) is 0 Å². The van der Waals surface area contributed by atoms with Gasteiger partial charge >= 0.3 is 0 Å². The molecule has 1 heterocycles. The second kappa shape index (κ2) is 7.29. The fraction of sp³-hybridized carbons (Fsp3) is 1.00. The lowest BCUT2D eigenvalue weighted by molar-refractivity contribution is 0.124. The van der Waals surface area contributed by atoms with Gasteiger partial charge in [0.25, 0.3) is 0 Å². The third-order valence-corrected chi connectivity index (χ3v) is 4.21. The standard InChI is InChI=1S/C14H30N2/c1-5-9-15-13(4)14-7-10-16(11-8-14)12(3)6-2/h12-15H,5-11H2,1-4H3. The van der Waals surface area contributed by atoms with Gasteiger partial charge in [-0.15, -0.1) is 0 Å². The summed E-state index contributed by atoms with van der Waals surface area (Å²) in [6.45, 7) is 13.0. The van der Waals surface area contributed by atoms with Crippen molar-refractivity contribution in [2.75, 3.05) is 19.6 Å². The first-order chi connectivity index (χ1) is 7.69. The van der Waals surface area contributed by atoms with Gasteiger partial charge in [-0.25, -0.2) is 0 Å². The fourth-order valence-corrected chi connectivity index (χ4v) is 2.66. The molecule has 0 radical (unpaired) electrons. The molecule has 0 saturated carbocycles. The molecule has 2 unspecified atom stereocenters. The summed E-state index contributed by atoms with van der Waals surface area (Å²) in [5.41, 5.74) is 0. The molecule has 0 aromatic carbocycles. The van der Waals surface area contributed by atoms with Crippen molar-refractivity contribution >= 4 is 0 Å². The predicted molar refractivity (Wildman–Crippen MR) is 71.8 cm³/mol. The molecule has 0 spiro atoms. The number of hydrogen-bond donors (Lipinski definition) is 1. The number of nitrogens with one attached hydrogen (secondary N) is 1. The summed E-state index contributed by atoms with van der Waals surface area (Å²) in [7, 11) is 0. The van der Waals surface area contributed by atoms with Crippen molar-refractivity contribution < 1.29 is 0 Å². The average Bonchev–Trinajstić information content (AvgIpc) is 2.35. The van der Waals surface area contributed by atoms with E-state index in [-0.39, 0.29) is 0 Å². The summed E-state index contributed by atoms with van der Waals surface area (Å²) in [6, 6.07) is 1.49. The molecular formula is C14H30N2. The Labute approximate surface area is 102 Å². The lowest BCUT2D eigenvalue weighted by Gasteiger charge is -2.38. The molecule has 1 saturated heterocycles. The Hall–Kier alpha value is -0.0800. The molecule has 1 aliphatic rings. The minimum atomic E-state index is 0.707. The smallest absolute Gasteiger partial charge is 0.00679 e. The van der Waals surface area contributed by atoms with Crippen LogP contribution in [-0.4, -0.2) is 36.6 Å². The summed E-state index contributed by atoms with van der Waals surface area (Å²) < 4.78 is 0. The highest BCUT2D eigenvalue weighted by Crippen LogP contribution is 2.22. The van der Waals surface area contributed by atoms with Gasteiger partial charge < -0.3 is 10.2 Å². The van der Waals surface area contributed by atoms with Crippen LogP contribution in [0.5, 0.6) is 0 Å². The second-order valence-electron chi connectivity index (χ2n) is 5.37. The zero-order valence-corrected chi connectivity index (χ0v) is 11.6. The van der Waals surface area contributed by atoms with E-state index in [1.807, 2.05) is 0 Å². The van der Waals surface area contributed by atoms with Gasteiger partial charge in [0.05, 0.1) is 0 Å². The molecule has 2 heteroatoms. The minimum Gasteiger partial charge on any atom is -0.314 e. The molecule has 0 aromatic rings. The molecule has 16 heavy (non-hydrogen) atoms. The normalized spacial score (nSPS) is 23.2. The Morgan fingerprint density at radius 1 is 1.19 bits per heavy atom. The lowest BCUT2D eigenvalue weighted by Crippen LogP contribution is -2.44. The van der Waals surface area contributed by atoms with Crippen LogP contribution in [0.3, 0.4) is 0 Å². The van der Waals surface area contributed by atoms with Gasteiger partial charge in [0, 0.05) is 12.1 Å². The van der Waals surface area contributed by atoms with E-state index in [9.17, 15) is 0 Å². The number of hydrogen-bond acceptors (Lipinski definition) is 2. The Morgan fingerprint density at radius 2 is 1.81 bits per heavy atom. The first-order valence-electron chi connectivity index (χ1n) is 7.16. The van der Waals surface area contributed by atoms with Crippen LogP contribution in [0, 0.1) is 5.92 Å². The molecule has 1 fully saturated rings. The van der Waals surface area contributed by atoms with E-state index in [0.717, 1.165) is 12.0 Å². The van der Waals surface area contributed by atoms with E-state index in [2.05, 4.69) is 37.9 Å². The molecule has 0 amide bonds. The molecule has 96 valence electrons. The van der Waals surface area contributed by atoms with E-state index < -0.39 is 0 Å². The Balaban J connectivity index is 2.25. The number of nitrogens with zero attached hydrogens (tertiary/aromatic N) is 1. The summed E-state index contributed by atoms with van der Waals surface area (Å²) in [4.78, 5) is 2.66. The summed E-state index contributed by atoms with van der Waals surface area (Å²) in [5, 5.41) is 3.64. The van der Waals surface area contributed by atoms with Crippen LogP contribution < -0.4 is 5.32 Å². The van der Waals surface area contributed by atoms with Crippen LogP contribution in [0.25, 0.3) is 0 Å². The summed E-state index contributed by atoms with van der Waals surface area (Å²) in [5.74, 6) is 0.895. The van der Waals surface area contributed by atoms with Gasteiger partial charge in [-0.3, -0.25) is 0 Å². The minimum absolute atomic E-state index is 0.707. The Kier molecular flexibility index (Phi) is 6.37. The van der Waals surface area contributed by atoms with Crippen LogP contribution in [0.4, 0.5) is 0 Å². The molecule has 2 atom stereocenters. The molecule has 0 bridgehead atoms. The van der Waals surface area contributed by atoms with Crippen molar-refractivity contribution in [2.24, 2.45) is 5.92 Å². The van der Waals surface area contributed by atoms with Crippen molar-refractivity contribution in [3.8, 4) is 0 Å². The van der Waals surface area contributed by atoms with Gasteiger partial charge in [0.15, 0.2) is 0 Å². The third-order valence-electron chi connectivity index (χ3n) is 4.21. The maximum Gasteiger partial charge on any atom is 0.00679 e. The topological polar surface area (TPSA) is 15.3 Å². The van der Waals surface area contributed by atoms with E-state index in [0.29, 0.717) is 6.04 Å². The SMILES string of the molecule is CCCNC(C)C1CCN(C(C)CC)CC1. The fourth-order valence-electron chi connectivity index (χ4n) is 2.66. The highest BCUT2D eigenvalue weighted by atomic mass is 15.2. The number of rotatable bonds is 6. The van der Waals surface area contributed by atoms with Gasteiger partial charge in [0.1, 0.15) is 0 Å². The summed E-state index contributed by atoms with van der Waals surface area (Å²) >= 11 is 0. The van der Waals surface area contributed by atoms with Crippen molar-refractivity contribution in [3.05, 3.63) is 0 Å². The third kappa shape index (κ3) is 4.06. The quantitative estimate of drug-likeness (QED) is 0.749. The summed E-state index contributed by atoms with van der Waals surface area (Å²) in [6.07, 6.45) is 5.29. The van der Waals surface area contributed by atoms with Gasteiger partial charge in [-0.05, 0) is 65.1 Å². The maximum absolute atomic E-state index is 3.64. The van der Waals surface area contributed by atoms with Gasteiger partial charge in [-0.1, -0.05) is 13.8 Å². The molecule has 1 N–H and O–H groups in total. The van der Waals surface area contributed by atoms with Crippen LogP contribution in [0.1, 0.15) is 53.4 Å². The van der Waals surface area contributed by atoms with E-state index in [1.54, 1.807) is 0 Å². The van der Waals surface area contributed by atoms with Crippen LogP contribution in [0.15, 0.2) is 0 Å². The lowest BCUT2D eigenvalue weighted by atomic mass is 9.89. The number of likely N-dealkylation sites (tertiary alicyclic amines) is 1. The molecule has 0 aromatic heterocycles. The monoisotopic (exact) mass is 226 g/mol.